The minimum Gasteiger partial charge on any atom is -0.338 e. The fraction of sp³-hybridized carbons (Fsp3) is 0.800. The highest BCUT2D eigenvalue weighted by Crippen LogP contribution is 1.98. The van der Waals surface area contributed by atoms with E-state index in [0.717, 1.165) is 13.0 Å². The molecule has 0 spiro atoms. The Kier molecular flexibility index (Phi) is 5.28. The van der Waals surface area contributed by atoms with Gasteiger partial charge in [-0.15, -0.1) is 0 Å². The Balaban J connectivity index is 2.10. The van der Waals surface area contributed by atoms with Gasteiger partial charge in [-0.1, -0.05) is 24.9 Å². The van der Waals surface area contributed by atoms with Crippen LogP contribution in [0.1, 0.15) is 37.9 Å². The normalized spacial score (nSPS) is 13.0. The molecule has 5 heteroatoms. The van der Waals surface area contributed by atoms with E-state index >= 15 is 0 Å². The molecule has 1 atom stereocenters. The molecule has 86 valence electrons. The van der Waals surface area contributed by atoms with Crippen LogP contribution in [0.2, 0.25) is 0 Å². The van der Waals surface area contributed by atoms with Crippen molar-refractivity contribution in [3.05, 3.63) is 11.7 Å². The summed E-state index contributed by atoms with van der Waals surface area (Å²) in [7, 11) is 0. The molecule has 3 N–H and O–H groups in total. The van der Waals surface area contributed by atoms with Crippen LogP contribution in [-0.4, -0.2) is 22.7 Å². The Morgan fingerprint density at radius 1 is 1.53 bits per heavy atom. The first kappa shape index (κ1) is 12.1. The van der Waals surface area contributed by atoms with Gasteiger partial charge < -0.3 is 15.6 Å². The Hall–Kier alpha value is -0.940. The third-order valence-electron chi connectivity index (χ3n) is 2.18. The molecule has 0 fully saturated rings. The summed E-state index contributed by atoms with van der Waals surface area (Å²) in [6.45, 7) is 5.36. The van der Waals surface area contributed by atoms with Crippen molar-refractivity contribution in [2.75, 3.05) is 6.54 Å². The fourth-order valence-electron chi connectivity index (χ4n) is 1.34. The number of rotatable bonds is 7. The van der Waals surface area contributed by atoms with E-state index in [1.807, 2.05) is 0 Å². The van der Waals surface area contributed by atoms with Crippen LogP contribution in [0.25, 0.3) is 0 Å². The predicted molar refractivity (Wildman–Crippen MR) is 58.2 cm³/mol. The molecule has 15 heavy (non-hydrogen) atoms. The summed E-state index contributed by atoms with van der Waals surface area (Å²) in [6.07, 6.45) is 3.44. The third kappa shape index (κ3) is 4.90. The van der Waals surface area contributed by atoms with E-state index in [0.29, 0.717) is 18.3 Å². The van der Waals surface area contributed by atoms with Gasteiger partial charge in [-0.2, -0.15) is 4.98 Å². The summed E-state index contributed by atoms with van der Waals surface area (Å²) in [5.41, 5.74) is 5.90. The van der Waals surface area contributed by atoms with Gasteiger partial charge in [0.1, 0.15) is 0 Å². The van der Waals surface area contributed by atoms with Crippen LogP contribution in [0.15, 0.2) is 4.52 Å². The molecule has 5 nitrogen and oxygen atoms in total. The average molecular weight is 212 g/mol. The smallest absolute Gasteiger partial charge is 0.240 e. The molecule has 1 aromatic rings. The number of aryl methyl sites for hydroxylation is 1. The van der Waals surface area contributed by atoms with Crippen molar-refractivity contribution in [2.45, 2.75) is 45.7 Å². The van der Waals surface area contributed by atoms with Gasteiger partial charge in [0.15, 0.2) is 5.82 Å². The second-order valence-electron chi connectivity index (χ2n) is 3.77. The van der Waals surface area contributed by atoms with Gasteiger partial charge in [0, 0.05) is 12.6 Å². The van der Waals surface area contributed by atoms with E-state index in [2.05, 4.69) is 22.4 Å². The number of nitrogens with zero attached hydrogens (tertiary/aromatic N) is 2. The molecule has 0 amide bonds. The van der Waals surface area contributed by atoms with Gasteiger partial charge in [0.2, 0.25) is 5.89 Å². The van der Waals surface area contributed by atoms with Crippen LogP contribution in [0, 0.1) is 6.92 Å². The molecular formula is C10H20N4O. The van der Waals surface area contributed by atoms with Crippen molar-refractivity contribution in [2.24, 2.45) is 5.73 Å². The fourth-order valence-corrected chi connectivity index (χ4v) is 1.34. The molecule has 0 aliphatic rings. The van der Waals surface area contributed by atoms with Crippen molar-refractivity contribution in [3.8, 4) is 0 Å². The van der Waals surface area contributed by atoms with Gasteiger partial charge in [0.25, 0.3) is 0 Å². The molecule has 0 saturated heterocycles. The van der Waals surface area contributed by atoms with Crippen LogP contribution in [0.3, 0.4) is 0 Å². The van der Waals surface area contributed by atoms with Crippen molar-refractivity contribution in [1.82, 2.24) is 15.5 Å². The predicted octanol–water partition coefficient (Wildman–Crippen LogP) is 0.985. The highest BCUT2D eigenvalue weighted by Gasteiger charge is 2.04. The summed E-state index contributed by atoms with van der Waals surface area (Å²) in [6, 6.07) is 0.217. The number of aromatic nitrogens is 2. The Labute approximate surface area is 90.4 Å². The van der Waals surface area contributed by atoms with Crippen LogP contribution in [0.5, 0.6) is 0 Å². The second-order valence-corrected chi connectivity index (χ2v) is 3.77. The van der Waals surface area contributed by atoms with E-state index in [1.54, 1.807) is 6.92 Å². The second kappa shape index (κ2) is 6.53. The molecular weight excluding hydrogens is 192 g/mol. The molecule has 1 rings (SSSR count). The molecule has 0 aromatic carbocycles. The van der Waals surface area contributed by atoms with Crippen molar-refractivity contribution >= 4 is 0 Å². The molecule has 0 aliphatic heterocycles. The largest absolute Gasteiger partial charge is 0.338 e. The molecule has 0 aliphatic carbocycles. The lowest BCUT2D eigenvalue weighted by Crippen LogP contribution is -2.33. The first-order chi connectivity index (χ1) is 7.22. The molecule has 1 unspecified atom stereocenters. The van der Waals surface area contributed by atoms with E-state index in [4.69, 9.17) is 10.3 Å². The third-order valence-corrected chi connectivity index (χ3v) is 2.18. The topological polar surface area (TPSA) is 77.0 Å². The van der Waals surface area contributed by atoms with E-state index < -0.39 is 0 Å². The lowest BCUT2D eigenvalue weighted by molar-refractivity contribution is 0.361. The van der Waals surface area contributed by atoms with Gasteiger partial charge >= 0.3 is 0 Å². The van der Waals surface area contributed by atoms with E-state index in [1.165, 1.54) is 12.8 Å². The lowest BCUT2D eigenvalue weighted by Gasteiger charge is -2.10. The average Bonchev–Trinajstić information content (AvgIpc) is 2.61. The van der Waals surface area contributed by atoms with Gasteiger partial charge in [-0.25, -0.2) is 0 Å². The number of nitrogens with two attached hydrogens (primary N) is 1. The minimum absolute atomic E-state index is 0.217. The standard InChI is InChI=1S/C10H20N4O/c1-3-4-5-9(11)6-12-7-10-13-8(2)14-15-10/h9,12H,3-7,11H2,1-2H3. The highest BCUT2D eigenvalue weighted by atomic mass is 16.5. The van der Waals surface area contributed by atoms with Gasteiger partial charge in [0.05, 0.1) is 6.54 Å². The molecule has 1 aromatic heterocycles. The molecule has 0 bridgehead atoms. The van der Waals surface area contributed by atoms with Crippen molar-refractivity contribution in [1.29, 1.82) is 0 Å². The molecule has 0 saturated carbocycles. The summed E-state index contributed by atoms with van der Waals surface area (Å²) in [4.78, 5) is 4.09. The van der Waals surface area contributed by atoms with Crippen LogP contribution in [-0.2, 0) is 6.54 Å². The van der Waals surface area contributed by atoms with Gasteiger partial charge in [-0.3, -0.25) is 0 Å². The van der Waals surface area contributed by atoms with Crippen LogP contribution in [0.4, 0.5) is 0 Å². The zero-order chi connectivity index (χ0) is 11.1. The zero-order valence-electron chi connectivity index (χ0n) is 9.49. The first-order valence-corrected chi connectivity index (χ1v) is 5.48. The summed E-state index contributed by atoms with van der Waals surface area (Å²) in [5.74, 6) is 1.29. The summed E-state index contributed by atoms with van der Waals surface area (Å²) < 4.78 is 4.96. The monoisotopic (exact) mass is 212 g/mol. The van der Waals surface area contributed by atoms with Crippen molar-refractivity contribution in [3.63, 3.8) is 0 Å². The van der Waals surface area contributed by atoms with E-state index in [9.17, 15) is 0 Å². The Morgan fingerprint density at radius 2 is 2.33 bits per heavy atom. The zero-order valence-corrected chi connectivity index (χ0v) is 9.49. The maximum absolute atomic E-state index is 5.90. The Morgan fingerprint density at radius 3 is 2.93 bits per heavy atom. The Bertz CT molecular complexity index is 274. The number of hydrogen-bond acceptors (Lipinski definition) is 5. The summed E-state index contributed by atoms with van der Waals surface area (Å²) >= 11 is 0. The van der Waals surface area contributed by atoms with Crippen LogP contribution >= 0.6 is 0 Å². The number of hydrogen-bond donors (Lipinski definition) is 2. The van der Waals surface area contributed by atoms with Crippen molar-refractivity contribution < 1.29 is 4.52 Å². The lowest BCUT2D eigenvalue weighted by atomic mass is 10.1. The highest BCUT2D eigenvalue weighted by molar-refractivity contribution is 4.82. The first-order valence-electron chi connectivity index (χ1n) is 5.48. The molecule has 0 radical (unpaired) electrons. The molecule has 1 heterocycles. The SMILES string of the molecule is CCCCC(N)CNCc1nc(C)no1. The number of unbranched alkanes of at least 4 members (excludes halogenated alkanes) is 1. The summed E-state index contributed by atoms with van der Waals surface area (Å²) in [5, 5.41) is 6.91. The van der Waals surface area contributed by atoms with Gasteiger partial charge in [-0.05, 0) is 13.3 Å². The maximum atomic E-state index is 5.90. The minimum atomic E-state index is 0.217. The van der Waals surface area contributed by atoms with E-state index in [-0.39, 0.29) is 6.04 Å². The quantitative estimate of drug-likeness (QED) is 0.704. The maximum Gasteiger partial charge on any atom is 0.240 e. The van der Waals surface area contributed by atoms with Crippen LogP contribution < -0.4 is 11.1 Å². The number of nitrogens with one attached hydrogen (secondary N) is 1.